The number of carbonyl (C=O) groups is 1. The van der Waals surface area contributed by atoms with E-state index in [9.17, 15) is 9.90 Å². The van der Waals surface area contributed by atoms with Crippen molar-refractivity contribution in [2.75, 3.05) is 43.1 Å². The van der Waals surface area contributed by atoms with Crippen LogP contribution in [0.15, 0.2) is 48.8 Å². The summed E-state index contributed by atoms with van der Waals surface area (Å²) in [7, 11) is 0. The Morgan fingerprint density at radius 3 is 3.00 bits per heavy atom. The minimum atomic E-state index is -0.223. The molecule has 3 heterocycles. The van der Waals surface area contributed by atoms with Crippen LogP contribution in [0.5, 0.6) is 0 Å². The zero-order chi connectivity index (χ0) is 20.2. The molecule has 1 fully saturated rings. The topological polar surface area (TPSA) is 91.1 Å². The Morgan fingerprint density at radius 2 is 2.20 bits per heavy atom. The molecule has 2 amide bonds. The molecule has 3 aromatic rings. The number of nitrogens with zero attached hydrogens (tertiary/aromatic N) is 3. The van der Waals surface area contributed by atoms with Gasteiger partial charge >= 0.3 is 6.03 Å². The first-order valence-electron chi connectivity index (χ1n) is 9.77. The fraction of sp³-hybridized carbons (Fsp3) is 0.333. The van der Waals surface area contributed by atoms with Crippen molar-refractivity contribution in [1.29, 1.82) is 0 Å². The van der Waals surface area contributed by atoms with Crippen LogP contribution < -0.4 is 15.5 Å². The molecule has 9 heteroatoms. The summed E-state index contributed by atoms with van der Waals surface area (Å²) in [5, 5.41) is 14.9. The largest absolute Gasteiger partial charge is 0.394 e. The molecule has 1 saturated heterocycles. The zero-order valence-electron chi connectivity index (χ0n) is 16.7. The van der Waals surface area contributed by atoms with Gasteiger partial charge in [0.15, 0.2) is 0 Å². The maximum absolute atomic E-state index is 11.8. The van der Waals surface area contributed by atoms with E-state index in [4.69, 9.17) is 4.74 Å². The second-order valence-electron chi connectivity index (χ2n) is 6.94. The number of carbonyl (C=O) groups excluding carboxylic acids is 1. The van der Waals surface area contributed by atoms with Crippen LogP contribution in [0, 0.1) is 0 Å². The highest BCUT2D eigenvalue weighted by Gasteiger charge is 2.20. The van der Waals surface area contributed by atoms with E-state index in [-0.39, 0.29) is 31.1 Å². The van der Waals surface area contributed by atoms with Gasteiger partial charge in [0.05, 0.1) is 31.2 Å². The molecular formula is C21H26ClN5O3. The number of halogens is 1. The maximum atomic E-state index is 11.8. The minimum Gasteiger partial charge on any atom is -0.394 e. The van der Waals surface area contributed by atoms with Crippen molar-refractivity contribution in [2.45, 2.75) is 13.0 Å². The third-order valence-corrected chi connectivity index (χ3v) is 4.96. The van der Waals surface area contributed by atoms with Gasteiger partial charge in [-0.25, -0.2) is 9.78 Å². The molecule has 30 heavy (non-hydrogen) atoms. The van der Waals surface area contributed by atoms with Crippen LogP contribution in [-0.4, -0.2) is 59.5 Å². The lowest BCUT2D eigenvalue weighted by Crippen LogP contribution is -2.44. The van der Waals surface area contributed by atoms with Crippen LogP contribution in [0.25, 0.3) is 16.9 Å². The third kappa shape index (κ3) is 4.67. The van der Waals surface area contributed by atoms with Crippen molar-refractivity contribution in [2.24, 2.45) is 0 Å². The van der Waals surface area contributed by atoms with Crippen molar-refractivity contribution in [3.8, 4) is 11.3 Å². The number of urea groups is 1. The molecule has 3 N–H and O–H groups in total. The highest BCUT2D eigenvalue weighted by molar-refractivity contribution is 5.90. The molecule has 0 aliphatic carbocycles. The average Bonchev–Trinajstić information content (AvgIpc) is 3.17. The number of aliphatic hydroxyl groups is 1. The molecule has 1 aromatic carbocycles. The molecule has 1 aliphatic rings. The van der Waals surface area contributed by atoms with E-state index in [1.807, 2.05) is 54.0 Å². The molecule has 0 saturated carbocycles. The van der Waals surface area contributed by atoms with Gasteiger partial charge < -0.3 is 25.4 Å². The zero-order valence-corrected chi connectivity index (χ0v) is 17.6. The predicted octanol–water partition coefficient (Wildman–Crippen LogP) is 2.76. The lowest BCUT2D eigenvalue weighted by molar-refractivity contribution is 0.00357. The van der Waals surface area contributed by atoms with E-state index < -0.39 is 0 Å². The lowest BCUT2D eigenvalue weighted by Gasteiger charge is -2.33. The molecule has 0 radical (unpaired) electrons. The van der Waals surface area contributed by atoms with Crippen LogP contribution in [0.2, 0.25) is 0 Å². The molecule has 160 valence electrons. The van der Waals surface area contributed by atoms with Gasteiger partial charge in [-0.15, -0.1) is 12.4 Å². The van der Waals surface area contributed by atoms with Gasteiger partial charge in [-0.1, -0.05) is 12.1 Å². The van der Waals surface area contributed by atoms with Crippen molar-refractivity contribution >= 4 is 35.5 Å². The predicted molar refractivity (Wildman–Crippen MR) is 120 cm³/mol. The van der Waals surface area contributed by atoms with Gasteiger partial charge in [-0.3, -0.25) is 4.40 Å². The van der Waals surface area contributed by atoms with E-state index >= 15 is 0 Å². The number of amides is 2. The Kier molecular flexibility index (Phi) is 7.15. The summed E-state index contributed by atoms with van der Waals surface area (Å²) >= 11 is 0. The summed E-state index contributed by atoms with van der Waals surface area (Å²) in [5.41, 5.74) is 4.53. The highest BCUT2D eigenvalue weighted by Crippen LogP contribution is 2.26. The first kappa shape index (κ1) is 21.9. The Balaban J connectivity index is 0.00000256. The summed E-state index contributed by atoms with van der Waals surface area (Å²) in [5.74, 6) is 0. The molecule has 0 spiro atoms. The number of anilines is 2. The minimum absolute atomic E-state index is 0. The molecule has 4 rings (SSSR count). The number of pyridine rings is 1. The number of morpholine rings is 1. The molecule has 1 atom stereocenters. The van der Waals surface area contributed by atoms with Crippen LogP contribution >= 0.6 is 12.4 Å². The van der Waals surface area contributed by atoms with Gasteiger partial charge in [0, 0.05) is 48.8 Å². The molecule has 8 nitrogen and oxygen atoms in total. The standard InChI is InChI=1S/C21H25N5O3.ClH/c1-2-22-21(28)24-16-5-3-4-15(10-16)19-12-23-20-11-17(6-7-26(19)20)25-8-9-29-18(13-25)14-27;/h3-7,10-12,18,27H,2,8-9,13-14H2,1H3,(H2,22,24,28);1H. The second kappa shape index (κ2) is 9.80. The Bertz CT molecular complexity index is 1010. The summed E-state index contributed by atoms with van der Waals surface area (Å²) in [6, 6.07) is 11.6. The van der Waals surface area contributed by atoms with Gasteiger partial charge in [0.2, 0.25) is 0 Å². The normalized spacial score (nSPS) is 16.2. The number of hydrogen-bond donors (Lipinski definition) is 3. The van der Waals surface area contributed by atoms with Gasteiger partial charge in [-0.2, -0.15) is 0 Å². The van der Waals surface area contributed by atoms with Crippen LogP contribution in [0.3, 0.4) is 0 Å². The molecular weight excluding hydrogens is 406 g/mol. The van der Waals surface area contributed by atoms with Crippen molar-refractivity contribution in [3.05, 3.63) is 48.8 Å². The summed E-state index contributed by atoms with van der Waals surface area (Å²) in [4.78, 5) is 18.6. The number of imidazole rings is 1. The molecule has 1 aliphatic heterocycles. The Labute approximate surface area is 181 Å². The number of rotatable bonds is 5. The van der Waals surface area contributed by atoms with Gasteiger partial charge in [0.1, 0.15) is 5.65 Å². The third-order valence-electron chi connectivity index (χ3n) is 4.96. The fourth-order valence-corrected chi connectivity index (χ4v) is 3.54. The summed E-state index contributed by atoms with van der Waals surface area (Å²) in [6.07, 6.45) is 3.68. The SMILES string of the molecule is CCNC(=O)Nc1cccc(-c2cnc3cc(N4CCOC(CO)C4)ccn23)c1.Cl. The van der Waals surface area contributed by atoms with E-state index in [1.54, 1.807) is 0 Å². The fourth-order valence-electron chi connectivity index (χ4n) is 3.54. The van der Waals surface area contributed by atoms with Gasteiger partial charge in [-0.05, 0) is 25.1 Å². The van der Waals surface area contributed by atoms with Crippen LogP contribution in [0.1, 0.15) is 6.92 Å². The van der Waals surface area contributed by atoms with E-state index in [0.717, 1.165) is 34.8 Å². The Morgan fingerprint density at radius 1 is 1.33 bits per heavy atom. The van der Waals surface area contributed by atoms with E-state index in [2.05, 4.69) is 26.6 Å². The van der Waals surface area contributed by atoms with Gasteiger partial charge in [0.25, 0.3) is 0 Å². The number of benzene rings is 1. The van der Waals surface area contributed by atoms with Crippen molar-refractivity contribution < 1.29 is 14.6 Å². The maximum Gasteiger partial charge on any atom is 0.319 e. The number of aromatic nitrogens is 2. The second-order valence-corrected chi connectivity index (χ2v) is 6.94. The molecule has 0 bridgehead atoms. The smallest absolute Gasteiger partial charge is 0.319 e. The number of aliphatic hydroxyl groups excluding tert-OH is 1. The summed E-state index contributed by atoms with van der Waals surface area (Å²) < 4.78 is 7.56. The van der Waals surface area contributed by atoms with E-state index in [0.29, 0.717) is 19.7 Å². The lowest BCUT2D eigenvalue weighted by atomic mass is 10.1. The number of nitrogens with one attached hydrogen (secondary N) is 2. The van der Waals surface area contributed by atoms with Crippen LogP contribution in [-0.2, 0) is 4.74 Å². The van der Waals surface area contributed by atoms with E-state index in [1.165, 1.54) is 0 Å². The number of fused-ring (bicyclic) bond motifs is 1. The Hall–Kier alpha value is -2.81. The molecule has 1 unspecified atom stereocenters. The summed E-state index contributed by atoms with van der Waals surface area (Å²) in [6.45, 7) is 4.52. The monoisotopic (exact) mass is 431 g/mol. The first-order valence-corrected chi connectivity index (χ1v) is 9.77. The first-order chi connectivity index (χ1) is 14.2. The van der Waals surface area contributed by atoms with Crippen molar-refractivity contribution in [3.63, 3.8) is 0 Å². The number of hydrogen-bond acceptors (Lipinski definition) is 5. The highest BCUT2D eigenvalue weighted by atomic mass is 35.5. The number of ether oxygens (including phenoxy) is 1. The van der Waals surface area contributed by atoms with Crippen molar-refractivity contribution in [1.82, 2.24) is 14.7 Å². The van der Waals surface area contributed by atoms with Crippen LogP contribution in [0.4, 0.5) is 16.2 Å². The quantitative estimate of drug-likeness (QED) is 0.577. The average molecular weight is 432 g/mol. The molecule has 2 aromatic heterocycles.